The number of hydrogen-bond acceptors (Lipinski definition) is 17. The first kappa shape index (κ1) is 54.8. The van der Waals surface area contributed by atoms with Crippen molar-refractivity contribution in [1.82, 2.24) is 31.5 Å². The molecule has 0 unspecified atom stereocenters. The van der Waals surface area contributed by atoms with Gasteiger partial charge in [-0.05, 0) is 74.1 Å². The van der Waals surface area contributed by atoms with Crippen LogP contribution in [0.2, 0.25) is 0 Å². The zero-order valence-electron chi connectivity index (χ0n) is 39.3. The van der Waals surface area contributed by atoms with E-state index in [9.17, 15) is 63.9 Å². The van der Waals surface area contributed by atoms with Crippen LogP contribution in [0, 0.1) is 0 Å². The second-order valence-corrected chi connectivity index (χ2v) is 17.3. The number of ether oxygens (including phenoxy) is 3. The maximum atomic E-state index is 14.3. The maximum absolute atomic E-state index is 14.3. The van der Waals surface area contributed by atoms with Crippen LogP contribution in [0.25, 0.3) is 0 Å². The van der Waals surface area contributed by atoms with Gasteiger partial charge in [0, 0.05) is 26.3 Å². The third-order valence-electron chi connectivity index (χ3n) is 11.7. The number of nitrogens with one attached hydrogen (secondary N) is 5. The number of rotatable bonds is 21. The number of nitrogens with two attached hydrogens (primary N) is 1. The van der Waals surface area contributed by atoms with Crippen LogP contribution in [0.4, 0.5) is 0 Å². The molecular formula is C48H61N7O16. The van der Waals surface area contributed by atoms with Crippen LogP contribution in [-0.4, -0.2) is 164 Å². The summed E-state index contributed by atoms with van der Waals surface area (Å²) in [6.45, 7) is 2.52. The smallest absolute Gasteiger partial charge is 0.328 e. The molecular weight excluding hydrogens is 931 g/mol. The first-order valence-corrected chi connectivity index (χ1v) is 22.9. The van der Waals surface area contributed by atoms with Crippen molar-refractivity contribution < 1.29 is 78.1 Å². The molecule has 2 aliphatic rings. The lowest BCUT2D eigenvalue weighted by Gasteiger charge is -2.39. The summed E-state index contributed by atoms with van der Waals surface area (Å²) < 4.78 is 15.4. The third kappa shape index (κ3) is 15.9. The van der Waals surface area contributed by atoms with E-state index in [1.165, 1.54) is 55.1 Å². The van der Waals surface area contributed by atoms with Crippen LogP contribution >= 0.6 is 0 Å². The molecule has 2 fully saturated rings. The molecule has 0 aromatic heterocycles. The van der Waals surface area contributed by atoms with Crippen LogP contribution < -0.4 is 32.3 Å². The quantitative estimate of drug-likeness (QED) is 0.0490. The number of likely N-dealkylation sites (tertiary alicyclic amines) is 1. The van der Waals surface area contributed by atoms with Crippen molar-refractivity contribution in [3.63, 3.8) is 0 Å². The fourth-order valence-electron chi connectivity index (χ4n) is 7.88. The Kier molecular flexibility index (Phi) is 19.8. The van der Waals surface area contributed by atoms with Gasteiger partial charge in [0.1, 0.15) is 66.6 Å². The van der Waals surface area contributed by atoms with E-state index >= 15 is 0 Å². The topological polar surface area (TPSA) is 355 Å². The summed E-state index contributed by atoms with van der Waals surface area (Å²) in [5.41, 5.74) is 7.94. The Bertz CT molecular complexity index is 2340. The van der Waals surface area contributed by atoms with Gasteiger partial charge >= 0.3 is 11.9 Å². The average molecular weight is 992 g/mol. The van der Waals surface area contributed by atoms with Gasteiger partial charge in [-0.25, -0.2) is 4.79 Å². The van der Waals surface area contributed by atoms with E-state index in [0.717, 1.165) is 6.92 Å². The van der Waals surface area contributed by atoms with Crippen LogP contribution in [0.5, 0.6) is 11.5 Å². The molecule has 5 rings (SSSR count). The minimum absolute atomic E-state index is 0.0114. The van der Waals surface area contributed by atoms with E-state index in [2.05, 4.69) is 26.6 Å². The number of hydrogen-bond donors (Lipinski definition) is 11. The number of aliphatic hydroxyl groups excluding tert-OH is 3. The number of benzene rings is 3. The predicted molar refractivity (Wildman–Crippen MR) is 248 cm³/mol. The summed E-state index contributed by atoms with van der Waals surface area (Å²) in [5, 5.41) is 62.5. The summed E-state index contributed by atoms with van der Waals surface area (Å²) >= 11 is 0. The predicted octanol–water partition coefficient (Wildman–Crippen LogP) is -2.55. The lowest BCUT2D eigenvalue weighted by atomic mass is 9.99. The SMILES string of the molecule is CC(=O)O[C@@H]1[C@H](O)[C@@H](O)[C@@H](O)O[C@@H]1COC(=O)[C@H](C)NC(=O)[C@@H]1CCCN1C(=O)[C@H](Cc1ccc(O)cc1)NC(=O)CNC(=O)[C@H](Cc1ccccc1)NC(=O)[C@@H](C)NC(=O)[C@@H](N)Cc1ccc(O)cc1. The molecule has 11 atom stereocenters. The highest BCUT2D eigenvalue weighted by Gasteiger charge is 2.47. The van der Waals surface area contributed by atoms with Crippen molar-refractivity contribution in [2.45, 2.75) is 120 Å². The lowest BCUT2D eigenvalue weighted by Crippen LogP contribution is -2.60. The summed E-state index contributed by atoms with van der Waals surface area (Å²) in [5.74, 6) is -6.21. The molecule has 0 aliphatic carbocycles. The van der Waals surface area contributed by atoms with E-state index < -0.39 is 127 Å². The second-order valence-electron chi connectivity index (χ2n) is 17.3. The second kappa shape index (κ2) is 25.6. The van der Waals surface area contributed by atoms with Crippen LogP contribution in [0.15, 0.2) is 78.9 Å². The first-order valence-electron chi connectivity index (χ1n) is 22.9. The van der Waals surface area contributed by atoms with Crippen molar-refractivity contribution in [3.05, 3.63) is 95.6 Å². The van der Waals surface area contributed by atoms with Gasteiger partial charge in [0.05, 0.1) is 12.6 Å². The van der Waals surface area contributed by atoms with Crippen molar-refractivity contribution >= 4 is 47.4 Å². The molecule has 0 radical (unpaired) electrons. The molecule has 71 heavy (non-hydrogen) atoms. The van der Waals surface area contributed by atoms with Crippen molar-refractivity contribution in [2.24, 2.45) is 5.73 Å². The highest BCUT2D eigenvalue weighted by molar-refractivity contribution is 5.96. The number of aromatic hydroxyl groups is 2. The highest BCUT2D eigenvalue weighted by Crippen LogP contribution is 2.24. The fraction of sp³-hybridized carbons (Fsp3) is 0.458. The molecule has 2 aliphatic heterocycles. The molecule has 0 bridgehead atoms. The molecule has 3 aromatic rings. The molecule has 384 valence electrons. The number of phenolic OH excluding ortho intramolecular Hbond substituents is 2. The Morgan fingerprint density at radius 2 is 1.31 bits per heavy atom. The number of aliphatic hydroxyl groups is 3. The Hall–Kier alpha value is -7.18. The van der Waals surface area contributed by atoms with Crippen LogP contribution in [-0.2, 0) is 71.8 Å². The van der Waals surface area contributed by atoms with Crippen LogP contribution in [0.3, 0.4) is 0 Å². The Morgan fingerprint density at radius 1 is 0.718 bits per heavy atom. The Morgan fingerprint density at radius 3 is 1.93 bits per heavy atom. The van der Waals surface area contributed by atoms with E-state index in [0.29, 0.717) is 23.1 Å². The average Bonchev–Trinajstić information content (AvgIpc) is 3.84. The third-order valence-corrected chi connectivity index (χ3v) is 11.7. The standard InChI is InChI=1S/C48H61N7O16/c1-25(51-43(63)33(49)20-29-11-15-31(57)16-12-29)42(62)54-34(21-28-8-5-4-6-9-28)44(64)50-23-38(59)53-35(22-30-13-17-32(58)18-14-30)46(66)55-19-7-10-36(55)45(65)52-26(2)47(67)69-24-37-41(70-27(3)56)39(60)40(61)48(68)71-37/h4-6,8-9,11-18,25-26,33-37,39-41,48,57-58,60-61,68H,7,10,19-24,49H2,1-3H3,(H,50,64)(H,51,63)(H,52,65)(H,53,59)(H,54,62)/t25-,26+,33+,34+,35+,36+,37-,39-,40-,41+,48+/m1/s1. The van der Waals surface area contributed by atoms with Gasteiger partial charge in [-0.3, -0.25) is 33.6 Å². The summed E-state index contributed by atoms with van der Waals surface area (Å²) in [6.07, 6.45) is -7.85. The van der Waals surface area contributed by atoms with Crippen LogP contribution in [0.1, 0.15) is 50.3 Å². The first-order chi connectivity index (χ1) is 33.7. The summed E-state index contributed by atoms with van der Waals surface area (Å²) in [6, 6.07) is 13.5. The number of carbonyl (C=O) groups excluding carboxylic acids is 8. The Labute approximate surface area is 408 Å². The summed E-state index contributed by atoms with van der Waals surface area (Å²) in [7, 11) is 0. The number of amides is 6. The number of nitrogens with zero attached hydrogens (tertiary/aromatic N) is 1. The largest absolute Gasteiger partial charge is 0.508 e. The number of carbonyl (C=O) groups is 8. The van der Waals surface area contributed by atoms with E-state index in [1.807, 2.05) is 0 Å². The van der Waals surface area contributed by atoms with Crippen molar-refractivity contribution in [1.29, 1.82) is 0 Å². The molecule has 2 heterocycles. The monoisotopic (exact) mass is 991 g/mol. The van der Waals surface area contributed by atoms with E-state index in [4.69, 9.17) is 19.9 Å². The molecule has 6 amide bonds. The van der Waals surface area contributed by atoms with Gasteiger partial charge in [0.15, 0.2) is 12.4 Å². The van der Waals surface area contributed by atoms with Gasteiger partial charge in [-0.15, -0.1) is 0 Å². The van der Waals surface area contributed by atoms with Gasteiger partial charge < -0.3 is 77.0 Å². The fourth-order valence-corrected chi connectivity index (χ4v) is 7.88. The van der Waals surface area contributed by atoms with E-state index in [-0.39, 0.29) is 43.7 Å². The normalized spacial score (nSPS) is 21.8. The molecule has 23 heteroatoms. The minimum atomic E-state index is -1.89. The lowest BCUT2D eigenvalue weighted by molar-refractivity contribution is -0.290. The van der Waals surface area contributed by atoms with Crippen molar-refractivity contribution in [2.75, 3.05) is 19.7 Å². The molecule has 23 nitrogen and oxygen atoms in total. The number of phenols is 2. The zero-order valence-corrected chi connectivity index (χ0v) is 39.3. The minimum Gasteiger partial charge on any atom is -0.508 e. The zero-order chi connectivity index (χ0) is 51.9. The van der Waals surface area contributed by atoms with Gasteiger partial charge in [-0.2, -0.15) is 0 Å². The highest BCUT2D eigenvalue weighted by atomic mass is 16.7. The van der Waals surface area contributed by atoms with Gasteiger partial charge in [0.25, 0.3) is 0 Å². The van der Waals surface area contributed by atoms with Gasteiger partial charge in [0.2, 0.25) is 35.4 Å². The molecule has 0 saturated carbocycles. The van der Waals surface area contributed by atoms with Gasteiger partial charge in [-0.1, -0.05) is 54.6 Å². The molecule has 3 aromatic carbocycles. The molecule has 0 spiro atoms. The Balaban J connectivity index is 1.21. The number of esters is 2. The van der Waals surface area contributed by atoms with Crippen molar-refractivity contribution in [3.8, 4) is 11.5 Å². The maximum Gasteiger partial charge on any atom is 0.328 e. The van der Waals surface area contributed by atoms with E-state index in [1.54, 1.807) is 42.5 Å². The molecule has 12 N–H and O–H groups in total. The summed E-state index contributed by atoms with van der Waals surface area (Å²) in [4.78, 5) is 107. The molecule has 2 saturated heterocycles.